The van der Waals surface area contributed by atoms with E-state index in [-0.39, 0.29) is 0 Å². The quantitative estimate of drug-likeness (QED) is 0.530. The van der Waals surface area contributed by atoms with Gasteiger partial charge in [-0.3, -0.25) is 0 Å². The molecule has 1 rings (SSSR count). The molecule has 4 nitrogen and oxygen atoms in total. The third-order valence-corrected chi connectivity index (χ3v) is 1.83. The summed E-state index contributed by atoms with van der Waals surface area (Å²) in [5, 5.41) is 8.57. The molecule has 0 radical (unpaired) electrons. The Hall–Kier alpha value is -0.160. The maximum absolute atomic E-state index is 4.66. The fourth-order valence-electron chi connectivity index (χ4n) is 1.14. The van der Waals surface area contributed by atoms with E-state index in [1.165, 1.54) is 25.7 Å². The highest BCUT2D eigenvalue weighted by atomic mass is 17.7. The van der Waals surface area contributed by atoms with Crippen LogP contribution in [-0.2, 0) is 19.9 Å². The molecule has 4 heteroatoms. The molecule has 0 amide bonds. The number of hydrogen-bond acceptors (Lipinski definition) is 4. The molecule has 0 atom stereocenters. The Morgan fingerprint density at radius 1 is 0.500 bits per heavy atom. The van der Waals surface area contributed by atoms with Crippen LogP contribution in [0.2, 0.25) is 0 Å². The zero-order valence-corrected chi connectivity index (χ0v) is 7.29. The summed E-state index contributed by atoms with van der Waals surface area (Å²) in [6, 6.07) is 0. The molecule has 12 heavy (non-hydrogen) atoms. The lowest BCUT2D eigenvalue weighted by molar-refractivity contribution is -0.634. The van der Waals surface area contributed by atoms with E-state index in [4.69, 9.17) is 0 Å². The van der Waals surface area contributed by atoms with Gasteiger partial charge in [0.25, 0.3) is 0 Å². The molecule has 1 aliphatic heterocycles. The Kier molecular flexibility index (Phi) is 6.19. The second-order valence-corrected chi connectivity index (χ2v) is 2.90. The first-order valence-electron chi connectivity index (χ1n) is 4.58. The van der Waals surface area contributed by atoms with Crippen molar-refractivity contribution >= 4 is 0 Å². The second-order valence-electron chi connectivity index (χ2n) is 2.90. The molecule has 0 aromatic heterocycles. The molecule has 1 saturated heterocycles. The smallest absolute Gasteiger partial charge is 0.0854 e. The first-order valence-corrected chi connectivity index (χ1v) is 4.58. The highest BCUT2D eigenvalue weighted by Crippen LogP contribution is 2.06. The van der Waals surface area contributed by atoms with Crippen LogP contribution in [0.3, 0.4) is 0 Å². The van der Waals surface area contributed by atoms with Crippen LogP contribution in [0, 0.1) is 0 Å². The first-order chi connectivity index (χ1) is 6.00. The predicted molar refractivity (Wildman–Crippen MR) is 41.8 cm³/mol. The molecule has 0 bridgehead atoms. The van der Waals surface area contributed by atoms with Gasteiger partial charge >= 0.3 is 0 Å². The molecule has 0 N–H and O–H groups in total. The van der Waals surface area contributed by atoms with Crippen LogP contribution < -0.4 is 0 Å². The van der Waals surface area contributed by atoms with Gasteiger partial charge in [-0.05, 0) is 22.9 Å². The van der Waals surface area contributed by atoms with Gasteiger partial charge in [0, 0.05) is 0 Å². The van der Waals surface area contributed by atoms with E-state index in [9.17, 15) is 0 Å². The molecule has 1 fully saturated rings. The topological polar surface area (TPSA) is 36.9 Å². The van der Waals surface area contributed by atoms with Crippen LogP contribution in [0.4, 0.5) is 0 Å². The Balaban J connectivity index is 2.00. The van der Waals surface area contributed by atoms with E-state index in [2.05, 4.69) is 19.9 Å². The molecule has 0 aromatic rings. The van der Waals surface area contributed by atoms with E-state index < -0.39 is 0 Å². The summed E-state index contributed by atoms with van der Waals surface area (Å²) in [5.74, 6) is 0. The monoisotopic (exact) mass is 176 g/mol. The van der Waals surface area contributed by atoms with Crippen LogP contribution in [0.5, 0.6) is 0 Å². The highest BCUT2D eigenvalue weighted by molar-refractivity contribution is 4.44. The Morgan fingerprint density at radius 2 is 0.917 bits per heavy atom. The van der Waals surface area contributed by atoms with E-state index in [1.807, 2.05) is 0 Å². The van der Waals surface area contributed by atoms with Crippen LogP contribution in [0.25, 0.3) is 0 Å². The summed E-state index contributed by atoms with van der Waals surface area (Å²) < 4.78 is 0. The van der Waals surface area contributed by atoms with Crippen molar-refractivity contribution < 1.29 is 19.9 Å². The van der Waals surface area contributed by atoms with Crippen molar-refractivity contribution in [3.05, 3.63) is 0 Å². The lowest BCUT2D eigenvalue weighted by Crippen LogP contribution is -2.02. The summed E-state index contributed by atoms with van der Waals surface area (Å²) in [7, 11) is 0. The van der Waals surface area contributed by atoms with Gasteiger partial charge in [0.2, 0.25) is 0 Å². The minimum absolute atomic E-state index is 0.573. The summed E-state index contributed by atoms with van der Waals surface area (Å²) in [4.78, 5) is 9.32. The van der Waals surface area contributed by atoms with E-state index in [0.29, 0.717) is 13.2 Å². The van der Waals surface area contributed by atoms with Crippen LogP contribution in [0.15, 0.2) is 0 Å². The lowest BCUT2D eigenvalue weighted by atomic mass is 10.1. The average molecular weight is 176 g/mol. The van der Waals surface area contributed by atoms with Crippen LogP contribution >= 0.6 is 0 Å². The molecule has 0 spiro atoms. The molecule has 0 unspecified atom stereocenters. The van der Waals surface area contributed by atoms with E-state index in [1.54, 1.807) is 0 Å². The Bertz CT molecular complexity index is 54.0. The van der Waals surface area contributed by atoms with Crippen molar-refractivity contribution in [2.45, 2.75) is 38.5 Å². The fourth-order valence-corrected chi connectivity index (χ4v) is 1.14. The molecule has 0 aromatic carbocycles. The van der Waals surface area contributed by atoms with Crippen molar-refractivity contribution in [3.8, 4) is 0 Å². The van der Waals surface area contributed by atoms with Crippen molar-refractivity contribution in [3.63, 3.8) is 0 Å². The normalized spacial score (nSPS) is 24.0. The molecular formula is C8H16O4. The van der Waals surface area contributed by atoms with Crippen LogP contribution in [-0.4, -0.2) is 13.2 Å². The maximum atomic E-state index is 4.66. The first kappa shape index (κ1) is 9.92. The highest BCUT2D eigenvalue weighted by Gasteiger charge is 1.96. The third kappa shape index (κ3) is 5.49. The summed E-state index contributed by atoms with van der Waals surface area (Å²) in [6.07, 6.45) is 6.97. The van der Waals surface area contributed by atoms with Gasteiger partial charge in [0.15, 0.2) is 0 Å². The predicted octanol–water partition coefficient (Wildman–Crippen LogP) is 2.15. The van der Waals surface area contributed by atoms with Crippen molar-refractivity contribution in [1.29, 1.82) is 0 Å². The van der Waals surface area contributed by atoms with Crippen molar-refractivity contribution in [1.82, 2.24) is 0 Å². The SMILES string of the molecule is C1CCCCOOOOCCC1. The van der Waals surface area contributed by atoms with Gasteiger partial charge in [0.1, 0.15) is 0 Å². The van der Waals surface area contributed by atoms with E-state index >= 15 is 0 Å². The van der Waals surface area contributed by atoms with Gasteiger partial charge in [-0.15, -0.1) is 0 Å². The Labute approximate surface area is 72.5 Å². The molecule has 1 aliphatic rings. The van der Waals surface area contributed by atoms with Crippen LogP contribution in [0.1, 0.15) is 38.5 Å². The molecule has 0 aliphatic carbocycles. The Morgan fingerprint density at radius 3 is 1.42 bits per heavy atom. The number of rotatable bonds is 0. The molecular weight excluding hydrogens is 160 g/mol. The maximum Gasteiger partial charge on any atom is 0.0854 e. The van der Waals surface area contributed by atoms with Crippen molar-refractivity contribution in [2.75, 3.05) is 13.2 Å². The molecule has 0 saturated carbocycles. The van der Waals surface area contributed by atoms with Crippen molar-refractivity contribution in [2.24, 2.45) is 0 Å². The minimum Gasteiger partial charge on any atom is -0.204 e. The van der Waals surface area contributed by atoms with Gasteiger partial charge < -0.3 is 0 Å². The number of hydrogen-bond donors (Lipinski definition) is 0. The second kappa shape index (κ2) is 7.49. The van der Waals surface area contributed by atoms with E-state index in [0.717, 1.165) is 12.8 Å². The van der Waals surface area contributed by atoms with Gasteiger partial charge in [-0.1, -0.05) is 25.7 Å². The molecule has 1 heterocycles. The zero-order chi connectivity index (χ0) is 8.49. The third-order valence-electron chi connectivity index (χ3n) is 1.83. The lowest BCUT2D eigenvalue weighted by Gasteiger charge is -2.05. The summed E-state index contributed by atoms with van der Waals surface area (Å²) >= 11 is 0. The zero-order valence-electron chi connectivity index (χ0n) is 7.29. The fraction of sp³-hybridized carbons (Fsp3) is 1.00. The summed E-state index contributed by atoms with van der Waals surface area (Å²) in [5.41, 5.74) is 0. The molecule has 72 valence electrons. The van der Waals surface area contributed by atoms with Gasteiger partial charge in [0.05, 0.1) is 13.2 Å². The summed E-state index contributed by atoms with van der Waals surface area (Å²) in [6.45, 7) is 1.15. The van der Waals surface area contributed by atoms with Gasteiger partial charge in [-0.25, -0.2) is 9.78 Å². The minimum atomic E-state index is 0.573. The average Bonchev–Trinajstić information content (AvgIpc) is 2.05. The largest absolute Gasteiger partial charge is 0.204 e. The van der Waals surface area contributed by atoms with Gasteiger partial charge in [-0.2, -0.15) is 0 Å². The standard InChI is InChI=1S/C8H16O4/c1-2-4-6-8-10-12-11-9-7-5-3-1/h1-8H2.